The van der Waals surface area contributed by atoms with Crippen LogP contribution < -0.4 is 5.32 Å². The van der Waals surface area contributed by atoms with E-state index in [9.17, 15) is 0 Å². The molecule has 0 aromatic carbocycles. The summed E-state index contributed by atoms with van der Waals surface area (Å²) in [6, 6.07) is 0. The van der Waals surface area contributed by atoms with Gasteiger partial charge < -0.3 is 5.32 Å². The molecule has 16 heavy (non-hydrogen) atoms. The van der Waals surface area contributed by atoms with Gasteiger partial charge in [-0.1, -0.05) is 46.5 Å². The lowest BCUT2D eigenvalue weighted by atomic mass is 9.79. The summed E-state index contributed by atoms with van der Waals surface area (Å²) in [4.78, 5) is 0. The van der Waals surface area contributed by atoms with Crippen molar-refractivity contribution in [3.8, 4) is 0 Å². The zero-order valence-electron chi connectivity index (χ0n) is 11.6. The second-order valence-corrected chi connectivity index (χ2v) is 5.62. The number of nitrogens with one attached hydrogen (secondary N) is 1. The van der Waals surface area contributed by atoms with E-state index >= 15 is 0 Å². The summed E-state index contributed by atoms with van der Waals surface area (Å²) >= 11 is 0. The van der Waals surface area contributed by atoms with E-state index in [1.54, 1.807) is 0 Å². The fourth-order valence-electron chi connectivity index (χ4n) is 3.16. The van der Waals surface area contributed by atoms with Crippen LogP contribution >= 0.6 is 0 Å². The van der Waals surface area contributed by atoms with E-state index in [4.69, 9.17) is 0 Å². The van der Waals surface area contributed by atoms with E-state index in [0.717, 1.165) is 5.92 Å². The van der Waals surface area contributed by atoms with Crippen LogP contribution in [0.25, 0.3) is 0 Å². The van der Waals surface area contributed by atoms with Gasteiger partial charge in [0, 0.05) is 5.54 Å². The second kappa shape index (κ2) is 7.32. The van der Waals surface area contributed by atoms with Gasteiger partial charge in [0.2, 0.25) is 0 Å². The van der Waals surface area contributed by atoms with Crippen LogP contribution in [0.3, 0.4) is 0 Å². The highest BCUT2D eigenvalue weighted by molar-refractivity contribution is 4.90. The lowest BCUT2D eigenvalue weighted by Crippen LogP contribution is -2.48. The molecule has 2 unspecified atom stereocenters. The second-order valence-electron chi connectivity index (χ2n) is 5.62. The van der Waals surface area contributed by atoms with Crippen molar-refractivity contribution in [1.29, 1.82) is 0 Å². The van der Waals surface area contributed by atoms with Crippen LogP contribution in [0.4, 0.5) is 0 Å². The maximum atomic E-state index is 3.80. The van der Waals surface area contributed by atoms with E-state index in [1.165, 1.54) is 64.3 Å². The van der Waals surface area contributed by atoms with Gasteiger partial charge >= 0.3 is 0 Å². The van der Waals surface area contributed by atoms with E-state index < -0.39 is 0 Å². The first kappa shape index (κ1) is 14.0. The molecule has 1 N–H and O–H groups in total. The highest BCUT2D eigenvalue weighted by Gasteiger charge is 2.29. The van der Waals surface area contributed by atoms with Gasteiger partial charge in [0.05, 0.1) is 0 Å². The summed E-state index contributed by atoms with van der Waals surface area (Å²) in [5.74, 6) is 0.970. The lowest BCUT2D eigenvalue weighted by molar-refractivity contribution is 0.208. The predicted molar refractivity (Wildman–Crippen MR) is 72.8 cm³/mol. The monoisotopic (exact) mass is 225 g/mol. The Balaban J connectivity index is 2.36. The number of hydrogen-bond donors (Lipinski definition) is 1. The van der Waals surface area contributed by atoms with Crippen molar-refractivity contribution in [3.05, 3.63) is 0 Å². The van der Waals surface area contributed by atoms with Gasteiger partial charge in [-0.05, 0) is 44.6 Å². The van der Waals surface area contributed by atoms with Crippen molar-refractivity contribution in [2.75, 3.05) is 6.54 Å². The molecule has 1 heterocycles. The van der Waals surface area contributed by atoms with Crippen molar-refractivity contribution in [2.24, 2.45) is 5.92 Å². The fraction of sp³-hybridized carbons (Fsp3) is 1.00. The molecule has 0 radical (unpaired) electrons. The first-order valence-corrected chi connectivity index (χ1v) is 7.51. The van der Waals surface area contributed by atoms with Crippen molar-refractivity contribution >= 4 is 0 Å². The number of rotatable bonds is 7. The molecule has 0 aromatic heterocycles. The molecule has 0 aromatic rings. The minimum Gasteiger partial charge on any atom is -0.311 e. The standard InChI is InChI=1S/C15H31N/c1-4-9-14(5-2)10-12-15(6-3)11-7-8-13-16-15/h14,16H,4-13H2,1-3H3. The summed E-state index contributed by atoms with van der Waals surface area (Å²) in [5.41, 5.74) is 0.499. The maximum Gasteiger partial charge on any atom is 0.0179 e. The van der Waals surface area contributed by atoms with Crippen molar-refractivity contribution < 1.29 is 0 Å². The molecule has 1 fully saturated rings. The Hall–Kier alpha value is -0.0400. The summed E-state index contributed by atoms with van der Waals surface area (Å²) in [7, 11) is 0. The third-order valence-electron chi connectivity index (χ3n) is 4.56. The van der Waals surface area contributed by atoms with Crippen LogP contribution in [-0.2, 0) is 0 Å². The molecule has 1 aliphatic rings. The largest absolute Gasteiger partial charge is 0.311 e. The van der Waals surface area contributed by atoms with Crippen molar-refractivity contribution in [1.82, 2.24) is 5.32 Å². The first-order valence-electron chi connectivity index (χ1n) is 7.51. The molecular weight excluding hydrogens is 194 g/mol. The van der Waals surface area contributed by atoms with E-state index in [-0.39, 0.29) is 0 Å². The van der Waals surface area contributed by atoms with Crippen LogP contribution in [0, 0.1) is 5.92 Å². The maximum absolute atomic E-state index is 3.80. The van der Waals surface area contributed by atoms with Gasteiger partial charge in [-0.2, -0.15) is 0 Å². The SMILES string of the molecule is CCCC(CC)CCC1(CC)CCCCN1. The molecule has 0 bridgehead atoms. The van der Waals surface area contributed by atoms with Crippen LogP contribution in [0.1, 0.15) is 78.6 Å². The molecule has 1 nitrogen and oxygen atoms in total. The fourth-order valence-corrected chi connectivity index (χ4v) is 3.16. The topological polar surface area (TPSA) is 12.0 Å². The molecule has 0 spiro atoms. The lowest BCUT2D eigenvalue weighted by Gasteiger charge is -2.39. The number of hydrogen-bond acceptors (Lipinski definition) is 1. The smallest absolute Gasteiger partial charge is 0.0179 e. The molecule has 0 aliphatic carbocycles. The minimum atomic E-state index is 0.499. The molecule has 1 rings (SSSR count). The first-order chi connectivity index (χ1) is 7.76. The molecular formula is C15H31N. The van der Waals surface area contributed by atoms with Crippen molar-refractivity contribution in [2.45, 2.75) is 84.1 Å². The summed E-state index contributed by atoms with van der Waals surface area (Å²) in [5, 5.41) is 3.80. The Morgan fingerprint density at radius 3 is 2.44 bits per heavy atom. The summed E-state index contributed by atoms with van der Waals surface area (Å²) in [6.45, 7) is 8.28. The number of piperidine rings is 1. The van der Waals surface area contributed by atoms with Gasteiger partial charge in [-0.15, -0.1) is 0 Å². The van der Waals surface area contributed by atoms with E-state index in [2.05, 4.69) is 26.1 Å². The molecule has 0 saturated carbocycles. The average Bonchev–Trinajstić information content (AvgIpc) is 2.35. The van der Waals surface area contributed by atoms with Gasteiger partial charge in [0.15, 0.2) is 0 Å². The molecule has 1 aliphatic heterocycles. The Morgan fingerprint density at radius 2 is 1.94 bits per heavy atom. The zero-order chi connectivity index (χ0) is 11.9. The van der Waals surface area contributed by atoms with Gasteiger partial charge in [0.1, 0.15) is 0 Å². The highest BCUT2D eigenvalue weighted by Crippen LogP contribution is 2.30. The summed E-state index contributed by atoms with van der Waals surface area (Å²) in [6.07, 6.45) is 12.5. The van der Waals surface area contributed by atoms with Gasteiger partial charge in [-0.3, -0.25) is 0 Å². The average molecular weight is 225 g/mol. The van der Waals surface area contributed by atoms with E-state index in [0.29, 0.717) is 5.54 Å². The third kappa shape index (κ3) is 4.08. The Labute approximate surface area is 102 Å². The van der Waals surface area contributed by atoms with E-state index in [1.807, 2.05) is 0 Å². The normalized spacial score (nSPS) is 27.9. The van der Waals surface area contributed by atoms with Crippen LogP contribution in [0.15, 0.2) is 0 Å². The quantitative estimate of drug-likeness (QED) is 0.672. The molecule has 96 valence electrons. The molecule has 1 heteroatoms. The predicted octanol–water partition coefficient (Wildman–Crippen LogP) is 4.52. The van der Waals surface area contributed by atoms with Gasteiger partial charge in [-0.25, -0.2) is 0 Å². The third-order valence-corrected chi connectivity index (χ3v) is 4.56. The van der Waals surface area contributed by atoms with Crippen molar-refractivity contribution in [3.63, 3.8) is 0 Å². The highest BCUT2D eigenvalue weighted by atomic mass is 15.0. The van der Waals surface area contributed by atoms with Gasteiger partial charge in [0.25, 0.3) is 0 Å². The summed E-state index contributed by atoms with van der Waals surface area (Å²) < 4.78 is 0. The van der Waals surface area contributed by atoms with Crippen LogP contribution in [0.5, 0.6) is 0 Å². The Kier molecular flexibility index (Phi) is 6.41. The molecule has 1 saturated heterocycles. The zero-order valence-corrected chi connectivity index (χ0v) is 11.6. The molecule has 2 atom stereocenters. The van der Waals surface area contributed by atoms with Crippen LogP contribution in [-0.4, -0.2) is 12.1 Å². The Morgan fingerprint density at radius 1 is 1.12 bits per heavy atom. The minimum absolute atomic E-state index is 0.499. The van der Waals surface area contributed by atoms with Crippen LogP contribution in [0.2, 0.25) is 0 Å². The molecule has 0 amide bonds. The Bertz CT molecular complexity index is 170.